The van der Waals surface area contributed by atoms with E-state index in [9.17, 15) is 0 Å². The maximum Gasteiger partial charge on any atom is 0.0656 e. The molecule has 0 aliphatic rings. The summed E-state index contributed by atoms with van der Waals surface area (Å²) in [6.45, 7) is 6.89. The maximum absolute atomic E-state index is 4.78. The zero-order valence-electron chi connectivity index (χ0n) is 20.3. The molecule has 0 spiro atoms. The number of aromatic nitrogens is 2. The van der Waals surface area contributed by atoms with Crippen LogP contribution in [0.2, 0.25) is 0 Å². The van der Waals surface area contributed by atoms with E-state index in [-0.39, 0.29) is 0 Å². The molecule has 0 saturated heterocycles. The second-order valence-electron chi connectivity index (χ2n) is 9.18. The van der Waals surface area contributed by atoms with Crippen LogP contribution >= 0.6 is 0 Å². The summed E-state index contributed by atoms with van der Waals surface area (Å²) in [6.07, 6.45) is 28.4. The van der Waals surface area contributed by atoms with Crippen LogP contribution in [-0.2, 0) is 19.3 Å². The maximum atomic E-state index is 4.78. The van der Waals surface area contributed by atoms with Gasteiger partial charge in [-0.3, -0.25) is 5.10 Å². The first-order valence-corrected chi connectivity index (χ1v) is 13.4. The minimum atomic E-state index is 1.18. The lowest BCUT2D eigenvalue weighted by molar-refractivity contribution is 0.593. The van der Waals surface area contributed by atoms with E-state index in [1.165, 1.54) is 146 Å². The van der Waals surface area contributed by atoms with E-state index in [1.54, 1.807) is 5.56 Å². The number of hydrogen-bond acceptors (Lipinski definition) is 1. The van der Waals surface area contributed by atoms with Gasteiger partial charge in [0, 0.05) is 5.69 Å². The molecule has 1 aromatic rings. The van der Waals surface area contributed by atoms with Gasteiger partial charge in [0.25, 0.3) is 0 Å². The molecule has 0 aliphatic carbocycles. The van der Waals surface area contributed by atoms with Crippen molar-refractivity contribution in [3.05, 3.63) is 17.0 Å². The molecular formula is C27H52N2. The van der Waals surface area contributed by atoms with E-state index in [2.05, 4.69) is 25.9 Å². The van der Waals surface area contributed by atoms with Gasteiger partial charge in [0.15, 0.2) is 0 Å². The highest BCUT2D eigenvalue weighted by Crippen LogP contribution is 2.21. The van der Waals surface area contributed by atoms with Crippen LogP contribution in [0.1, 0.15) is 153 Å². The third-order valence-corrected chi connectivity index (χ3v) is 6.37. The molecule has 1 N–H and O–H groups in total. The Morgan fingerprint density at radius 1 is 0.483 bits per heavy atom. The van der Waals surface area contributed by atoms with E-state index < -0.39 is 0 Å². The first kappa shape index (κ1) is 26.2. The number of aryl methyl sites for hydroxylation is 2. The molecule has 0 unspecified atom stereocenters. The standard InChI is InChI=1S/C27H52N2/c1-4-7-10-13-16-19-22-25-26(23-20-17-14-11-8-5-2)28-29-27(25)24-21-18-15-12-9-6-3/h4-24H2,1-3H3,(H,28,29). The fourth-order valence-electron chi connectivity index (χ4n) is 4.39. The molecule has 2 nitrogen and oxygen atoms in total. The first-order chi connectivity index (χ1) is 14.3. The van der Waals surface area contributed by atoms with Gasteiger partial charge in [-0.25, -0.2) is 0 Å². The third kappa shape index (κ3) is 13.2. The Morgan fingerprint density at radius 3 is 1.41 bits per heavy atom. The lowest BCUT2D eigenvalue weighted by Crippen LogP contribution is -1.98. The molecule has 0 bridgehead atoms. The number of unbranched alkanes of at least 4 members (excludes halogenated alkanes) is 15. The Labute approximate surface area is 183 Å². The van der Waals surface area contributed by atoms with Crippen LogP contribution < -0.4 is 0 Å². The average Bonchev–Trinajstić information content (AvgIpc) is 3.11. The second-order valence-corrected chi connectivity index (χ2v) is 9.18. The van der Waals surface area contributed by atoms with Gasteiger partial charge in [-0.05, 0) is 44.1 Å². The van der Waals surface area contributed by atoms with Crippen molar-refractivity contribution >= 4 is 0 Å². The Balaban J connectivity index is 2.44. The number of hydrogen-bond donors (Lipinski definition) is 1. The van der Waals surface area contributed by atoms with E-state index >= 15 is 0 Å². The van der Waals surface area contributed by atoms with E-state index in [0.29, 0.717) is 0 Å². The minimum absolute atomic E-state index is 1.18. The predicted molar refractivity (Wildman–Crippen MR) is 130 cm³/mol. The zero-order valence-corrected chi connectivity index (χ0v) is 20.3. The van der Waals surface area contributed by atoms with Crippen molar-refractivity contribution in [2.45, 2.75) is 156 Å². The predicted octanol–water partition coefficient (Wildman–Crippen LogP) is 9.12. The van der Waals surface area contributed by atoms with Crippen molar-refractivity contribution in [1.29, 1.82) is 0 Å². The van der Waals surface area contributed by atoms with Gasteiger partial charge in [0.05, 0.1) is 5.69 Å². The highest BCUT2D eigenvalue weighted by atomic mass is 15.1. The topological polar surface area (TPSA) is 28.7 Å². The third-order valence-electron chi connectivity index (χ3n) is 6.37. The van der Waals surface area contributed by atoms with Crippen LogP contribution in [-0.4, -0.2) is 10.2 Å². The highest BCUT2D eigenvalue weighted by Gasteiger charge is 2.12. The van der Waals surface area contributed by atoms with Gasteiger partial charge >= 0.3 is 0 Å². The molecule has 0 saturated carbocycles. The highest BCUT2D eigenvalue weighted by molar-refractivity contribution is 5.26. The van der Waals surface area contributed by atoms with Gasteiger partial charge in [0.2, 0.25) is 0 Å². The molecule has 0 aromatic carbocycles. The van der Waals surface area contributed by atoms with E-state index in [4.69, 9.17) is 5.10 Å². The monoisotopic (exact) mass is 404 g/mol. The molecule has 29 heavy (non-hydrogen) atoms. The molecule has 0 amide bonds. The summed E-state index contributed by atoms with van der Waals surface area (Å²) in [5.41, 5.74) is 4.47. The van der Waals surface area contributed by atoms with Crippen molar-refractivity contribution in [2.24, 2.45) is 0 Å². The normalized spacial score (nSPS) is 11.4. The fourth-order valence-corrected chi connectivity index (χ4v) is 4.39. The summed E-state index contributed by atoms with van der Waals surface area (Å²) in [5.74, 6) is 0. The van der Waals surface area contributed by atoms with Gasteiger partial charge in [0.1, 0.15) is 0 Å². The van der Waals surface area contributed by atoms with Crippen LogP contribution in [0.25, 0.3) is 0 Å². The van der Waals surface area contributed by atoms with Gasteiger partial charge < -0.3 is 0 Å². The summed E-state index contributed by atoms with van der Waals surface area (Å²) in [6, 6.07) is 0. The number of nitrogens with one attached hydrogen (secondary N) is 1. The summed E-state index contributed by atoms with van der Waals surface area (Å²) < 4.78 is 0. The van der Waals surface area contributed by atoms with Crippen LogP contribution in [0.5, 0.6) is 0 Å². The van der Waals surface area contributed by atoms with Crippen molar-refractivity contribution in [3.8, 4) is 0 Å². The molecule has 0 atom stereocenters. The van der Waals surface area contributed by atoms with E-state index in [1.807, 2.05) is 0 Å². The largest absolute Gasteiger partial charge is 0.282 e. The molecule has 1 heterocycles. The molecule has 1 aromatic heterocycles. The molecular weight excluding hydrogens is 352 g/mol. The smallest absolute Gasteiger partial charge is 0.0656 e. The van der Waals surface area contributed by atoms with Crippen molar-refractivity contribution < 1.29 is 0 Å². The van der Waals surface area contributed by atoms with Crippen molar-refractivity contribution in [1.82, 2.24) is 10.2 Å². The Bertz CT molecular complexity index is 430. The lowest BCUT2D eigenvalue weighted by Gasteiger charge is -2.07. The van der Waals surface area contributed by atoms with Gasteiger partial charge in [-0.1, -0.05) is 117 Å². The number of rotatable bonds is 21. The van der Waals surface area contributed by atoms with Crippen LogP contribution in [0, 0.1) is 0 Å². The quantitative estimate of drug-likeness (QED) is 0.203. The summed E-state index contributed by atoms with van der Waals surface area (Å²) in [4.78, 5) is 0. The Morgan fingerprint density at radius 2 is 0.897 bits per heavy atom. The van der Waals surface area contributed by atoms with Crippen LogP contribution in [0.15, 0.2) is 0 Å². The Kier molecular flexibility index (Phi) is 17.4. The molecule has 170 valence electrons. The van der Waals surface area contributed by atoms with Gasteiger partial charge in [-0.15, -0.1) is 0 Å². The van der Waals surface area contributed by atoms with Crippen LogP contribution in [0.4, 0.5) is 0 Å². The minimum Gasteiger partial charge on any atom is -0.282 e. The summed E-state index contributed by atoms with van der Waals surface area (Å²) in [5, 5.41) is 8.23. The van der Waals surface area contributed by atoms with Crippen molar-refractivity contribution in [3.63, 3.8) is 0 Å². The second kappa shape index (κ2) is 19.2. The molecule has 2 heteroatoms. The van der Waals surface area contributed by atoms with E-state index in [0.717, 1.165) is 0 Å². The molecule has 0 fully saturated rings. The average molecular weight is 405 g/mol. The van der Waals surface area contributed by atoms with Crippen molar-refractivity contribution in [2.75, 3.05) is 0 Å². The van der Waals surface area contributed by atoms with Gasteiger partial charge in [-0.2, -0.15) is 5.10 Å². The first-order valence-electron chi connectivity index (χ1n) is 13.4. The lowest BCUT2D eigenvalue weighted by atomic mass is 9.97. The molecule has 0 radical (unpaired) electrons. The summed E-state index contributed by atoms with van der Waals surface area (Å²) in [7, 11) is 0. The number of aromatic amines is 1. The SMILES string of the molecule is CCCCCCCCc1n[nH]c(CCCCCCCC)c1CCCCCCCC. The number of nitrogens with zero attached hydrogens (tertiary/aromatic N) is 1. The zero-order chi connectivity index (χ0) is 21.0. The Hall–Kier alpha value is -0.790. The fraction of sp³-hybridized carbons (Fsp3) is 0.889. The molecule has 1 rings (SSSR count). The number of H-pyrrole nitrogens is 1. The van der Waals surface area contributed by atoms with Crippen LogP contribution in [0.3, 0.4) is 0 Å². The summed E-state index contributed by atoms with van der Waals surface area (Å²) >= 11 is 0. The molecule has 0 aliphatic heterocycles.